The fourth-order valence-electron chi connectivity index (χ4n) is 4.83. The van der Waals surface area contributed by atoms with Crippen LogP contribution in [-0.2, 0) is 11.2 Å². The van der Waals surface area contributed by atoms with E-state index >= 15 is 0 Å². The zero-order valence-electron chi connectivity index (χ0n) is 22.8. The maximum absolute atomic E-state index is 12.0. The SMILES string of the molecule is CCC(=O)Oc1c(C)c(C)c2c(c1C)CCC(C)(CCC(C)(CC)CC(C)C(C)(C)C)O2. The van der Waals surface area contributed by atoms with E-state index in [0.29, 0.717) is 23.2 Å². The first-order chi connectivity index (χ1) is 14.7. The molecule has 182 valence electrons. The largest absolute Gasteiger partial charge is 0.487 e. The molecule has 32 heavy (non-hydrogen) atoms. The molecule has 0 saturated heterocycles. The fourth-order valence-corrected chi connectivity index (χ4v) is 4.83. The molecule has 0 N–H and O–H groups in total. The van der Waals surface area contributed by atoms with Crippen LogP contribution < -0.4 is 9.47 Å². The van der Waals surface area contributed by atoms with Crippen LogP contribution in [0.2, 0.25) is 0 Å². The van der Waals surface area contributed by atoms with Gasteiger partial charge in [-0.05, 0) is 93.2 Å². The highest BCUT2D eigenvalue weighted by Crippen LogP contribution is 2.47. The third-order valence-electron chi connectivity index (χ3n) is 8.46. The van der Waals surface area contributed by atoms with Gasteiger partial charge >= 0.3 is 5.97 Å². The number of hydrogen-bond acceptors (Lipinski definition) is 3. The Morgan fingerprint density at radius 3 is 2.25 bits per heavy atom. The Labute approximate surface area is 197 Å². The van der Waals surface area contributed by atoms with Crippen molar-refractivity contribution in [1.29, 1.82) is 0 Å². The standard InChI is InChI=1S/C29H48O3/c1-12-24(30)31-25-20(4)21(5)26-23(22(25)6)14-15-29(11,32-26)17-16-28(10,13-2)18-19(3)27(7,8)9/h19H,12-18H2,1-11H3. The smallest absolute Gasteiger partial charge is 0.310 e. The average molecular weight is 445 g/mol. The molecule has 0 spiro atoms. The second-order valence-electron chi connectivity index (χ2n) is 12.0. The second-order valence-corrected chi connectivity index (χ2v) is 12.0. The summed E-state index contributed by atoms with van der Waals surface area (Å²) in [4.78, 5) is 12.0. The molecule has 1 heterocycles. The van der Waals surface area contributed by atoms with Gasteiger partial charge in [-0.2, -0.15) is 0 Å². The number of benzene rings is 1. The summed E-state index contributed by atoms with van der Waals surface area (Å²) in [5.74, 6) is 2.26. The second kappa shape index (κ2) is 9.77. The lowest BCUT2D eigenvalue weighted by atomic mass is 9.68. The number of hydrogen-bond donors (Lipinski definition) is 0. The van der Waals surface area contributed by atoms with Crippen molar-refractivity contribution in [3.63, 3.8) is 0 Å². The predicted octanol–water partition coefficient (Wildman–Crippen LogP) is 8.28. The van der Waals surface area contributed by atoms with Gasteiger partial charge in [0.25, 0.3) is 0 Å². The van der Waals surface area contributed by atoms with Crippen molar-refractivity contribution in [1.82, 2.24) is 0 Å². The number of esters is 1. The summed E-state index contributed by atoms with van der Waals surface area (Å²) in [6, 6.07) is 0. The monoisotopic (exact) mass is 444 g/mol. The molecule has 1 aliphatic rings. The van der Waals surface area contributed by atoms with Crippen molar-refractivity contribution in [2.24, 2.45) is 16.7 Å². The summed E-state index contributed by atoms with van der Waals surface area (Å²) < 4.78 is 12.5. The molecule has 0 aromatic heterocycles. The van der Waals surface area contributed by atoms with Crippen molar-refractivity contribution < 1.29 is 14.3 Å². The summed E-state index contributed by atoms with van der Waals surface area (Å²) in [6.07, 6.45) is 7.05. The minimum absolute atomic E-state index is 0.153. The highest BCUT2D eigenvalue weighted by atomic mass is 16.5. The lowest BCUT2D eigenvalue weighted by Crippen LogP contribution is -2.39. The van der Waals surface area contributed by atoms with Crippen LogP contribution in [0.4, 0.5) is 0 Å². The molecule has 0 amide bonds. The topological polar surface area (TPSA) is 35.5 Å². The van der Waals surface area contributed by atoms with Gasteiger partial charge in [-0.1, -0.05) is 54.9 Å². The van der Waals surface area contributed by atoms with Gasteiger partial charge in [0.2, 0.25) is 0 Å². The lowest BCUT2D eigenvalue weighted by Gasteiger charge is -2.42. The third-order valence-corrected chi connectivity index (χ3v) is 8.46. The molecule has 0 radical (unpaired) electrons. The molecule has 3 unspecified atom stereocenters. The maximum Gasteiger partial charge on any atom is 0.310 e. The zero-order valence-corrected chi connectivity index (χ0v) is 22.8. The molecular weight excluding hydrogens is 396 g/mol. The van der Waals surface area contributed by atoms with Gasteiger partial charge in [0, 0.05) is 12.0 Å². The van der Waals surface area contributed by atoms with Gasteiger partial charge in [0.05, 0.1) is 0 Å². The Balaban J connectivity index is 2.23. The zero-order chi connectivity index (χ0) is 24.5. The summed E-state index contributed by atoms with van der Waals surface area (Å²) in [6.45, 7) is 24.6. The number of carbonyl (C=O) groups is 1. The van der Waals surface area contributed by atoms with Gasteiger partial charge < -0.3 is 9.47 Å². The van der Waals surface area contributed by atoms with Crippen LogP contribution in [0.5, 0.6) is 11.5 Å². The Morgan fingerprint density at radius 1 is 1.09 bits per heavy atom. The van der Waals surface area contributed by atoms with Gasteiger partial charge in [0.1, 0.15) is 17.1 Å². The molecule has 1 aliphatic heterocycles. The quantitative estimate of drug-likeness (QED) is 0.299. The van der Waals surface area contributed by atoms with Crippen molar-refractivity contribution in [2.45, 2.75) is 127 Å². The van der Waals surface area contributed by atoms with E-state index in [1.807, 2.05) is 13.8 Å². The van der Waals surface area contributed by atoms with Crippen LogP contribution in [0, 0.1) is 37.5 Å². The summed E-state index contributed by atoms with van der Waals surface area (Å²) in [5, 5.41) is 0. The van der Waals surface area contributed by atoms with Gasteiger partial charge in [-0.3, -0.25) is 4.79 Å². The van der Waals surface area contributed by atoms with Crippen LogP contribution in [0.15, 0.2) is 0 Å². The van der Waals surface area contributed by atoms with E-state index in [-0.39, 0.29) is 11.6 Å². The van der Waals surface area contributed by atoms with Crippen LogP contribution in [0.3, 0.4) is 0 Å². The Hall–Kier alpha value is -1.51. The molecule has 3 atom stereocenters. The Bertz CT molecular complexity index is 832. The molecule has 0 aliphatic carbocycles. The van der Waals surface area contributed by atoms with E-state index < -0.39 is 0 Å². The van der Waals surface area contributed by atoms with Gasteiger partial charge in [0.15, 0.2) is 0 Å². The molecule has 3 nitrogen and oxygen atoms in total. The van der Waals surface area contributed by atoms with Crippen molar-refractivity contribution in [3.8, 4) is 11.5 Å². The normalized spacial score (nSPS) is 21.3. The molecule has 0 saturated carbocycles. The van der Waals surface area contributed by atoms with Crippen molar-refractivity contribution in [2.75, 3.05) is 0 Å². The first kappa shape index (κ1) is 26.7. The molecule has 3 heteroatoms. The van der Waals surface area contributed by atoms with E-state index in [1.165, 1.54) is 24.8 Å². The molecular formula is C29H48O3. The number of ether oxygens (including phenoxy) is 2. The van der Waals surface area contributed by atoms with Gasteiger partial charge in [-0.25, -0.2) is 0 Å². The van der Waals surface area contributed by atoms with Gasteiger partial charge in [-0.15, -0.1) is 0 Å². The lowest BCUT2D eigenvalue weighted by molar-refractivity contribution is -0.134. The summed E-state index contributed by atoms with van der Waals surface area (Å²) in [5.41, 5.74) is 4.91. The number of carbonyl (C=O) groups excluding carboxylic acids is 1. The molecule has 0 fully saturated rings. The Kier molecular flexibility index (Phi) is 8.17. The highest BCUT2D eigenvalue weighted by Gasteiger charge is 2.38. The van der Waals surface area contributed by atoms with E-state index in [4.69, 9.17) is 9.47 Å². The van der Waals surface area contributed by atoms with Crippen molar-refractivity contribution >= 4 is 5.97 Å². The Morgan fingerprint density at radius 2 is 1.72 bits per heavy atom. The summed E-state index contributed by atoms with van der Waals surface area (Å²) in [7, 11) is 0. The van der Waals surface area contributed by atoms with E-state index in [0.717, 1.165) is 47.5 Å². The number of rotatable bonds is 8. The number of fused-ring (bicyclic) bond motifs is 1. The van der Waals surface area contributed by atoms with Crippen LogP contribution >= 0.6 is 0 Å². The predicted molar refractivity (Wildman–Crippen MR) is 135 cm³/mol. The minimum Gasteiger partial charge on any atom is -0.487 e. The molecule has 2 rings (SSSR count). The molecule has 1 aromatic rings. The average Bonchev–Trinajstić information content (AvgIpc) is 2.73. The first-order valence-corrected chi connectivity index (χ1v) is 12.7. The van der Waals surface area contributed by atoms with Crippen LogP contribution in [0.25, 0.3) is 0 Å². The third kappa shape index (κ3) is 5.88. The summed E-state index contributed by atoms with van der Waals surface area (Å²) >= 11 is 0. The van der Waals surface area contributed by atoms with Crippen molar-refractivity contribution in [3.05, 3.63) is 22.3 Å². The molecule has 0 bridgehead atoms. The highest BCUT2D eigenvalue weighted by molar-refractivity contribution is 5.74. The van der Waals surface area contributed by atoms with Crippen LogP contribution in [-0.4, -0.2) is 11.6 Å². The van der Waals surface area contributed by atoms with Crippen LogP contribution in [0.1, 0.15) is 116 Å². The minimum atomic E-state index is -0.180. The molecule has 1 aromatic carbocycles. The fraction of sp³-hybridized carbons (Fsp3) is 0.759. The van der Waals surface area contributed by atoms with E-state index in [2.05, 4.69) is 62.3 Å². The maximum atomic E-state index is 12.0. The van der Waals surface area contributed by atoms with E-state index in [9.17, 15) is 4.79 Å². The first-order valence-electron chi connectivity index (χ1n) is 12.7. The van der Waals surface area contributed by atoms with E-state index in [1.54, 1.807) is 0 Å².